The molecule has 0 saturated heterocycles. The van der Waals surface area contributed by atoms with E-state index in [0.29, 0.717) is 15.7 Å². The summed E-state index contributed by atoms with van der Waals surface area (Å²) in [7, 11) is -2.85. The lowest BCUT2D eigenvalue weighted by atomic mass is 10.3. The van der Waals surface area contributed by atoms with E-state index >= 15 is 0 Å². The Balaban J connectivity index is 2.27. The van der Waals surface area contributed by atoms with E-state index in [1.807, 2.05) is 0 Å². The van der Waals surface area contributed by atoms with E-state index in [1.54, 1.807) is 30.3 Å². The van der Waals surface area contributed by atoms with Gasteiger partial charge in [-0.05, 0) is 24.3 Å². The van der Waals surface area contributed by atoms with E-state index in [9.17, 15) is 18.5 Å². The van der Waals surface area contributed by atoms with Crippen molar-refractivity contribution in [3.63, 3.8) is 0 Å². The molecule has 0 bridgehead atoms. The molecule has 2 aromatic carbocycles. The summed E-state index contributed by atoms with van der Waals surface area (Å²) in [4.78, 5) is 10.6. The molecule has 0 radical (unpaired) electrons. The van der Waals surface area contributed by atoms with E-state index in [4.69, 9.17) is 0 Å². The molecule has 0 aromatic heterocycles. The molecule has 0 heterocycles. The van der Waals surface area contributed by atoms with Gasteiger partial charge in [0.05, 0.1) is 9.82 Å². The highest BCUT2D eigenvalue weighted by atomic mass is 33.1. The first-order valence-corrected chi connectivity index (χ1v) is 8.05. The molecule has 5 nitrogen and oxygen atoms in total. The Bertz CT molecular complexity index is 681. The lowest BCUT2D eigenvalue weighted by Gasteiger charge is -2.03. The second kappa shape index (κ2) is 5.41. The van der Waals surface area contributed by atoms with Crippen molar-refractivity contribution >= 4 is 25.4 Å². The molecule has 0 atom stereocenters. The van der Waals surface area contributed by atoms with Gasteiger partial charge in [-0.25, -0.2) is 8.42 Å². The molecule has 2 rings (SSSR count). The second-order valence-electron chi connectivity index (χ2n) is 3.60. The minimum atomic E-state index is -3.56. The van der Waals surface area contributed by atoms with Gasteiger partial charge in [0.2, 0.25) is 8.87 Å². The molecule has 0 spiro atoms. The van der Waals surface area contributed by atoms with Crippen LogP contribution in [-0.4, -0.2) is 13.3 Å². The molecular formula is C12H9NO4S2. The topological polar surface area (TPSA) is 77.3 Å². The van der Waals surface area contributed by atoms with Crippen LogP contribution in [0.25, 0.3) is 0 Å². The minimum absolute atomic E-state index is 0.0481. The van der Waals surface area contributed by atoms with Gasteiger partial charge in [0.15, 0.2) is 0 Å². The molecule has 7 heteroatoms. The van der Waals surface area contributed by atoms with E-state index in [1.165, 1.54) is 24.3 Å². The molecule has 98 valence electrons. The Morgan fingerprint density at radius 3 is 2.05 bits per heavy atom. The number of benzene rings is 2. The summed E-state index contributed by atoms with van der Waals surface area (Å²) < 4.78 is 24.2. The third kappa shape index (κ3) is 3.33. The molecular weight excluding hydrogens is 286 g/mol. The first kappa shape index (κ1) is 13.6. The van der Waals surface area contributed by atoms with Crippen molar-refractivity contribution in [2.45, 2.75) is 9.79 Å². The molecule has 0 amide bonds. The summed E-state index contributed by atoms with van der Waals surface area (Å²) in [6.07, 6.45) is 0. The molecule has 0 aliphatic rings. The maximum atomic E-state index is 12.1. The number of hydrogen-bond donors (Lipinski definition) is 0. The van der Waals surface area contributed by atoms with Gasteiger partial charge in [-0.15, -0.1) is 0 Å². The second-order valence-corrected chi connectivity index (χ2v) is 7.44. The lowest BCUT2D eigenvalue weighted by molar-refractivity contribution is -0.384. The average Bonchev–Trinajstić information content (AvgIpc) is 2.39. The highest BCUT2D eigenvalue weighted by Gasteiger charge is 2.17. The van der Waals surface area contributed by atoms with Crippen LogP contribution in [0.5, 0.6) is 0 Å². The Hall–Kier alpha value is -1.86. The van der Waals surface area contributed by atoms with Crippen LogP contribution in [-0.2, 0) is 8.87 Å². The molecule has 0 aliphatic carbocycles. The van der Waals surface area contributed by atoms with Crippen molar-refractivity contribution in [3.8, 4) is 0 Å². The third-order valence-electron chi connectivity index (χ3n) is 2.29. The highest BCUT2D eigenvalue weighted by molar-refractivity contribution is 8.72. The summed E-state index contributed by atoms with van der Waals surface area (Å²) in [5.41, 5.74) is -0.135. The maximum absolute atomic E-state index is 12.1. The number of non-ortho nitro benzene ring substituents is 1. The summed E-state index contributed by atoms with van der Waals surface area (Å²) >= 11 is 0. The number of hydrogen-bond acceptors (Lipinski definition) is 5. The predicted octanol–water partition coefficient (Wildman–Crippen LogP) is 3.08. The fraction of sp³-hybridized carbons (Fsp3) is 0. The van der Waals surface area contributed by atoms with E-state index < -0.39 is 13.8 Å². The Morgan fingerprint density at radius 2 is 1.53 bits per heavy atom. The molecule has 2 aromatic rings. The third-order valence-corrected chi connectivity index (χ3v) is 5.63. The number of rotatable bonds is 4. The smallest absolute Gasteiger partial charge is 0.258 e. The summed E-state index contributed by atoms with van der Waals surface area (Å²) in [6.45, 7) is 0. The van der Waals surface area contributed by atoms with Gasteiger partial charge in [-0.3, -0.25) is 10.1 Å². The summed E-state index contributed by atoms with van der Waals surface area (Å²) in [6, 6.07) is 13.5. The number of nitro groups is 1. The van der Waals surface area contributed by atoms with Crippen LogP contribution < -0.4 is 0 Å². The van der Waals surface area contributed by atoms with Crippen LogP contribution >= 0.6 is 10.8 Å². The Kier molecular flexibility index (Phi) is 3.87. The first-order valence-electron chi connectivity index (χ1n) is 5.23. The zero-order valence-electron chi connectivity index (χ0n) is 9.59. The first-order chi connectivity index (χ1) is 8.99. The highest BCUT2D eigenvalue weighted by Crippen LogP contribution is 2.31. The van der Waals surface area contributed by atoms with Gasteiger partial charge < -0.3 is 0 Å². The summed E-state index contributed by atoms with van der Waals surface area (Å²) in [5.74, 6) is 0. The number of nitro benzene ring substituents is 1. The predicted molar refractivity (Wildman–Crippen MR) is 72.6 cm³/mol. The molecule has 0 fully saturated rings. The largest absolute Gasteiger partial charge is 0.269 e. The fourth-order valence-electron chi connectivity index (χ4n) is 1.39. The van der Waals surface area contributed by atoms with Crippen molar-refractivity contribution in [2.75, 3.05) is 0 Å². The van der Waals surface area contributed by atoms with Gasteiger partial charge >= 0.3 is 0 Å². The van der Waals surface area contributed by atoms with E-state index in [2.05, 4.69) is 0 Å². The maximum Gasteiger partial charge on any atom is 0.269 e. The molecule has 0 N–H and O–H groups in total. The van der Waals surface area contributed by atoms with Crippen molar-refractivity contribution in [1.29, 1.82) is 0 Å². The molecule has 0 unspecified atom stereocenters. The van der Waals surface area contributed by atoms with Crippen molar-refractivity contribution in [2.24, 2.45) is 0 Å². The van der Waals surface area contributed by atoms with Crippen molar-refractivity contribution < 1.29 is 13.3 Å². The zero-order valence-corrected chi connectivity index (χ0v) is 11.2. The quantitative estimate of drug-likeness (QED) is 0.492. The molecule has 19 heavy (non-hydrogen) atoms. The van der Waals surface area contributed by atoms with Gasteiger partial charge in [0.1, 0.15) is 0 Å². The molecule has 0 saturated carbocycles. The average molecular weight is 295 g/mol. The monoisotopic (exact) mass is 295 g/mol. The summed E-state index contributed by atoms with van der Waals surface area (Å²) in [5, 5.41) is 10.5. The van der Waals surface area contributed by atoms with Gasteiger partial charge in [-0.1, -0.05) is 18.2 Å². The SMILES string of the molecule is O=[N+]([O-])c1ccc(S(=O)(=O)Sc2ccccc2)cc1. The van der Waals surface area contributed by atoms with Crippen LogP contribution in [0, 0.1) is 10.1 Å². The van der Waals surface area contributed by atoms with Crippen LogP contribution in [0.4, 0.5) is 5.69 Å². The van der Waals surface area contributed by atoms with Crippen LogP contribution in [0.3, 0.4) is 0 Å². The van der Waals surface area contributed by atoms with Gasteiger partial charge in [0, 0.05) is 27.8 Å². The molecule has 0 aliphatic heterocycles. The standard InChI is InChI=1S/C12H9NO4S2/c14-13(15)10-6-8-12(9-7-10)19(16,17)18-11-4-2-1-3-5-11/h1-9H. The zero-order chi connectivity index (χ0) is 13.9. The van der Waals surface area contributed by atoms with Crippen LogP contribution in [0.15, 0.2) is 64.4 Å². The van der Waals surface area contributed by atoms with E-state index in [-0.39, 0.29) is 10.6 Å². The van der Waals surface area contributed by atoms with E-state index in [0.717, 1.165) is 0 Å². The van der Waals surface area contributed by atoms with Crippen molar-refractivity contribution in [1.82, 2.24) is 0 Å². The van der Waals surface area contributed by atoms with Gasteiger partial charge in [0.25, 0.3) is 5.69 Å². The van der Waals surface area contributed by atoms with Crippen LogP contribution in [0.1, 0.15) is 0 Å². The van der Waals surface area contributed by atoms with Crippen molar-refractivity contribution in [3.05, 3.63) is 64.7 Å². The number of nitrogens with zero attached hydrogens (tertiary/aromatic N) is 1. The van der Waals surface area contributed by atoms with Gasteiger partial charge in [-0.2, -0.15) is 0 Å². The van der Waals surface area contributed by atoms with Crippen LogP contribution in [0.2, 0.25) is 0 Å². The lowest BCUT2D eigenvalue weighted by Crippen LogP contribution is -1.96. The normalized spacial score (nSPS) is 11.2. The Labute approximate surface area is 113 Å². The Morgan fingerprint density at radius 1 is 0.947 bits per heavy atom. The fourth-order valence-corrected chi connectivity index (χ4v) is 4.19. The minimum Gasteiger partial charge on any atom is -0.258 e.